The molecule has 2 rings (SSSR count). The van der Waals surface area contributed by atoms with Crippen molar-refractivity contribution in [3.05, 3.63) is 24.5 Å². The molecule has 0 aliphatic carbocycles. The van der Waals surface area contributed by atoms with Gasteiger partial charge in [-0.1, -0.05) is 27.2 Å². The summed E-state index contributed by atoms with van der Waals surface area (Å²) < 4.78 is 7.99. The first-order chi connectivity index (χ1) is 8.15. The zero-order chi connectivity index (χ0) is 12.3. The number of ether oxygens (including phenoxy) is 1. The summed E-state index contributed by atoms with van der Waals surface area (Å²) >= 11 is 0. The van der Waals surface area contributed by atoms with E-state index in [4.69, 9.17) is 4.74 Å². The van der Waals surface area contributed by atoms with E-state index < -0.39 is 0 Å². The Morgan fingerprint density at radius 1 is 1.53 bits per heavy atom. The van der Waals surface area contributed by atoms with Crippen molar-refractivity contribution >= 4 is 5.70 Å². The van der Waals surface area contributed by atoms with Crippen molar-refractivity contribution in [1.29, 1.82) is 0 Å². The number of hydrogen-bond acceptors (Lipinski definition) is 2. The van der Waals surface area contributed by atoms with Crippen LogP contribution in [0.3, 0.4) is 0 Å². The topological polar surface area (TPSA) is 27.1 Å². The number of allylic oxidation sites excluding steroid dienone is 2. The molecular weight excluding hydrogens is 212 g/mol. The predicted molar refractivity (Wildman–Crippen MR) is 69.3 cm³/mol. The first kappa shape index (κ1) is 12.2. The molecule has 94 valence electrons. The molecule has 1 aromatic rings. The van der Waals surface area contributed by atoms with E-state index in [1.807, 2.05) is 18.7 Å². The number of aromatic nitrogens is 2. The number of hydrogen-bond donors (Lipinski definition) is 0. The maximum atomic E-state index is 5.88. The summed E-state index contributed by atoms with van der Waals surface area (Å²) in [5.74, 6) is 1.16. The summed E-state index contributed by atoms with van der Waals surface area (Å²) in [6, 6.07) is 0. The lowest BCUT2D eigenvalue weighted by Crippen LogP contribution is -2.12. The smallest absolute Gasteiger partial charge is 0.121 e. The highest BCUT2D eigenvalue weighted by Gasteiger charge is 2.33. The summed E-state index contributed by atoms with van der Waals surface area (Å²) in [6.07, 6.45) is 10.3. The fraction of sp³-hybridized carbons (Fsp3) is 0.643. The molecule has 0 aromatic carbocycles. The van der Waals surface area contributed by atoms with Crippen molar-refractivity contribution in [2.24, 2.45) is 5.41 Å². The van der Waals surface area contributed by atoms with E-state index in [-0.39, 0.29) is 5.41 Å². The molecule has 0 amide bonds. The van der Waals surface area contributed by atoms with Gasteiger partial charge in [-0.15, -0.1) is 0 Å². The van der Waals surface area contributed by atoms with Crippen LogP contribution in [0.4, 0.5) is 0 Å². The molecule has 0 radical (unpaired) electrons. The average molecular weight is 234 g/mol. The molecule has 17 heavy (non-hydrogen) atoms. The van der Waals surface area contributed by atoms with E-state index >= 15 is 0 Å². The Labute approximate surface area is 104 Å². The summed E-state index contributed by atoms with van der Waals surface area (Å²) in [5, 5.41) is 0. The van der Waals surface area contributed by atoms with Crippen LogP contribution in [-0.4, -0.2) is 16.2 Å². The van der Waals surface area contributed by atoms with Crippen molar-refractivity contribution in [3.8, 4) is 0 Å². The molecule has 3 nitrogen and oxygen atoms in total. The minimum Gasteiger partial charge on any atom is -0.495 e. The number of nitrogens with zero attached hydrogens (tertiary/aromatic N) is 2. The van der Waals surface area contributed by atoms with Gasteiger partial charge in [-0.2, -0.15) is 0 Å². The van der Waals surface area contributed by atoms with E-state index in [2.05, 4.69) is 30.3 Å². The second-order valence-electron chi connectivity index (χ2n) is 5.33. The Balaban J connectivity index is 2.35. The summed E-state index contributed by atoms with van der Waals surface area (Å²) in [5.41, 5.74) is 1.44. The minimum absolute atomic E-state index is 0.160. The van der Waals surface area contributed by atoms with Crippen LogP contribution in [-0.2, 0) is 4.74 Å². The molecule has 3 heteroatoms. The molecule has 0 bridgehead atoms. The van der Waals surface area contributed by atoms with E-state index in [0.717, 1.165) is 25.2 Å². The van der Waals surface area contributed by atoms with Gasteiger partial charge >= 0.3 is 0 Å². The van der Waals surface area contributed by atoms with Gasteiger partial charge in [0.1, 0.15) is 5.76 Å². The quantitative estimate of drug-likeness (QED) is 0.794. The van der Waals surface area contributed by atoms with Crippen LogP contribution in [0.2, 0.25) is 0 Å². The van der Waals surface area contributed by atoms with Gasteiger partial charge in [0.05, 0.1) is 18.6 Å². The Hall–Kier alpha value is -1.25. The summed E-state index contributed by atoms with van der Waals surface area (Å²) in [7, 11) is 0. The maximum absolute atomic E-state index is 5.88. The molecule has 1 aliphatic heterocycles. The minimum atomic E-state index is 0.160. The van der Waals surface area contributed by atoms with Gasteiger partial charge in [0.2, 0.25) is 0 Å². The van der Waals surface area contributed by atoms with Crippen LogP contribution >= 0.6 is 0 Å². The molecule has 0 N–H and O–H groups in total. The monoisotopic (exact) mass is 234 g/mol. The molecule has 0 unspecified atom stereocenters. The normalized spacial score (nSPS) is 21.4. The Bertz CT molecular complexity index is 390. The molecule has 1 aromatic heterocycles. The van der Waals surface area contributed by atoms with Crippen molar-refractivity contribution in [1.82, 2.24) is 9.55 Å². The van der Waals surface area contributed by atoms with Gasteiger partial charge in [-0.3, -0.25) is 0 Å². The highest BCUT2D eigenvalue weighted by Crippen LogP contribution is 2.41. The van der Waals surface area contributed by atoms with Crippen molar-refractivity contribution in [2.45, 2.75) is 46.5 Å². The van der Waals surface area contributed by atoms with E-state index in [0.29, 0.717) is 0 Å². The standard InChI is InChI=1S/C14H22N2O/c1-4-5-6-12(16-9-8-15-11-16)13-14(2,3)7-10-17-13/h8-9,11H,4-7,10H2,1-3H3. The van der Waals surface area contributed by atoms with Gasteiger partial charge in [0, 0.05) is 17.8 Å². The lowest BCUT2D eigenvalue weighted by molar-refractivity contribution is 0.249. The molecule has 1 fully saturated rings. The van der Waals surface area contributed by atoms with Gasteiger partial charge in [0.25, 0.3) is 0 Å². The van der Waals surface area contributed by atoms with Crippen LogP contribution < -0.4 is 0 Å². The molecule has 2 heterocycles. The van der Waals surface area contributed by atoms with E-state index in [1.54, 1.807) is 0 Å². The fourth-order valence-corrected chi connectivity index (χ4v) is 2.31. The average Bonchev–Trinajstić information content (AvgIpc) is 2.90. The van der Waals surface area contributed by atoms with Crippen LogP contribution in [0.25, 0.3) is 5.70 Å². The third kappa shape index (κ3) is 2.54. The van der Waals surface area contributed by atoms with Crippen LogP contribution in [0.1, 0.15) is 46.5 Å². The number of imidazole rings is 1. The van der Waals surface area contributed by atoms with Crippen molar-refractivity contribution < 1.29 is 4.74 Å². The molecular formula is C14H22N2O. The second kappa shape index (κ2) is 4.94. The van der Waals surface area contributed by atoms with Crippen LogP contribution in [0, 0.1) is 5.41 Å². The Kier molecular flexibility index (Phi) is 3.55. The molecule has 1 aliphatic rings. The Morgan fingerprint density at radius 2 is 2.35 bits per heavy atom. The van der Waals surface area contributed by atoms with Crippen molar-refractivity contribution in [2.75, 3.05) is 6.61 Å². The van der Waals surface area contributed by atoms with Gasteiger partial charge in [0.15, 0.2) is 0 Å². The van der Waals surface area contributed by atoms with Crippen LogP contribution in [0.5, 0.6) is 0 Å². The fourth-order valence-electron chi connectivity index (χ4n) is 2.31. The first-order valence-electron chi connectivity index (χ1n) is 6.50. The van der Waals surface area contributed by atoms with Gasteiger partial charge in [-0.05, 0) is 19.3 Å². The number of rotatable bonds is 4. The van der Waals surface area contributed by atoms with Gasteiger partial charge in [-0.25, -0.2) is 4.98 Å². The van der Waals surface area contributed by atoms with E-state index in [1.165, 1.54) is 18.5 Å². The maximum Gasteiger partial charge on any atom is 0.121 e. The first-order valence-corrected chi connectivity index (χ1v) is 6.50. The molecule has 0 saturated carbocycles. The zero-order valence-corrected chi connectivity index (χ0v) is 11.1. The lowest BCUT2D eigenvalue weighted by Gasteiger charge is -2.21. The predicted octanol–water partition coefficient (Wildman–Crippen LogP) is 3.69. The SMILES string of the molecule is CCCCC(=C1OCCC1(C)C)n1ccnc1. The number of unbranched alkanes of at least 4 members (excludes halogenated alkanes) is 1. The molecule has 0 spiro atoms. The largest absolute Gasteiger partial charge is 0.495 e. The van der Waals surface area contributed by atoms with Gasteiger partial charge < -0.3 is 9.30 Å². The third-order valence-electron chi connectivity index (χ3n) is 3.43. The highest BCUT2D eigenvalue weighted by molar-refractivity contribution is 5.50. The zero-order valence-electron chi connectivity index (χ0n) is 11.1. The second-order valence-corrected chi connectivity index (χ2v) is 5.33. The van der Waals surface area contributed by atoms with Crippen LogP contribution in [0.15, 0.2) is 24.5 Å². The highest BCUT2D eigenvalue weighted by atomic mass is 16.5. The molecule has 1 saturated heterocycles. The van der Waals surface area contributed by atoms with E-state index in [9.17, 15) is 0 Å². The summed E-state index contributed by atoms with van der Waals surface area (Å²) in [4.78, 5) is 4.14. The van der Waals surface area contributed by atoms with Crippen molar-refractivity contribution in [3.63, 3.8) is 0 Å². The third-order valence-corrected chi connectivity index (χ3v) is 3.43. The lowest BCUT2D eigenvalue weighted by atomic mass is 9.87. The molecule has 0 atom stereocenters. The summed E-state index contributed by atoms with van der Waals surface area (Å²) in [6.45, 7) is 7.58. The Morgan fingerprint density at radius 3 is 2.88 bits per heavy atom.